The molecule has 1 amide bonds. The molecule has 0 unspecified atom stereocenters. The van der Waals surface area contributed by atoms with Gasteiger partial charge in [-0.15, -0.1) is 0 Å². The summed E-state index contributed by atoms with van der Waals surface area (Å²) < 4.78 is 11.1. The fourth-order valence-electron chi connectivity index (χ4n) is 3.28. The highest BCUT2D eigenvalue weighted by Gasteiger charge is 2.42. The number of hydrogen-bond acceptors (Lipinski definition) is 5. The standard InChI is InChI=1S/C17H19N3O3/c1-10(2)22-11-3-4-13-12(7-11)15(5-6-18-13)20-8-14-16(9-20)23-17(21)19-14/h3-7,10,14,16H,8-9H2,1-2H3,(H,19,21)/t14-,16+/m1/s1. The van der Waals surface area contributed by atoms with E-state index in [4.69, 9.17) is 9.47 Å². The van der Waals surface area contributed by atoms with Crippen LogP contribution in [0.15, 0.2) is 30.5 Å². The van der Waals surface area contributed by atoms with E-state index in [2.05, 4.69) is 15.2 Å². The van der Waals surface area contributed by atoms with Crippen LogP contribution in [0.5, 0.6) is 5.75 Å². The second kappa shape index (κ2) is 5.30. The summed E-state index contributed by atoms with van der Waals surface area (Å²) in [5, 5.41) is 3.91. The monoisotopic (exact) mass is 313 g/mol. The molecule has 2 atom stereocenters. The van der Waals surface area contributed by atoms with Crippen LogP contribution in [0.25, 0.3) is 10.9 Å². The number of aromatic nitrogens is 1. The van der Waals surface area contributed by atoms with E-state index >= 15 is 0 Å². The zero-order chi connectivity index (χ0) is 16.0. The molecule has 3 heterocycles. The van der Waals surface area contributed by atoms with E-state index in [-0.39, 0.29) is 24.3 Å². The molecule has 2 fully saturated rings. The Morgan fingerprint density at radius 1 is 1.35 bits per heavy atom. The molecule has 2 saturated heterocycles. The number of fused-ring (bicyclic) bond motifs is 2. The Hall–Kier alpha value is -2.50. The molecule has 23 heavy (non-hydrogen) atoms. The third-order valence-corrected chi connectivity index (χ3v) is 4.23. The number of ether oxygens (including phenoxy) is 2. The molecule has 2 aliphatic heterocycles. The number of carbonyl (C=O) groups is 1. The normalized spacial score (nSPS) is 23.1. The second-order valence-electron chi connectivity index (χ2n) is 6.28. The number of alkyl carbamates (subject to hydrolysis) is 1. The summed E-state index contributed by atoms with van der Waals surface area (Å²) in [6.45, 7) is 5.45. The van der Waals surface area contributed by atoms with Crippen LogP contribution in [0.4, 0.5) is 10.5 Å². The molecular weight excluding hydrogens is 294 g/mol. The zero-order valence-electron chi connectivity index (χ0n) is 13.2. The molecular formula is C17H19N3O3. The number of pyridine rings is 1. The summed E-state index contributed by atoms with van der Waals surface area (Å²) in [5.74, 6) is 0.839. The third-order valence-electron chi connectivity index (χ3n) is 4.23. The number of nitrogens with one attached hydrogen (secondary N) is 1. The van der Waals surface area contributed by atoms with Gasteiger partial charge in [0.1, 0.15) is 11.9 Å². The van der Waals surface area contributed by atoms with Crippen LogP contribution in [0.3, 0.4) is 0 Å². The van der Waals surface area contributed by atoms with Crippen molar-refractivity contribution in [2.45, 2.75) is 32.1 Å². The topological polar surface area (TPSA) is 63.7 Å². The van der Waals surface area contributed by atoms with Crippen molar-refractivity contribution in [1.82, 2.24) is 10.3 Å². The lowest BCUT2D eigenvalue weighted by atomic mass is 10.1. The molecule has 0 spiro atoms. The van der Waals surface area contributed by atoms with E-state index in [1.54, 1.807) is 0 Å². The first-order valence-electron chi connectivity index (χ1n) is 7.87. The second-order valence-corrected chi connectivity index (χ2v) is 6.28. The number of benzene rings is 1. The van der Waals surface area contributed by atoms with Crippen molar-refractivity contribution in [2.24, 2.45) is 0 Å². The van der Waals surface area contributed by atoms with Crippen molar-refractivity contribution in [3.8, 4) is 5.75 Å². The summed E-state index contributed by atoms with van der Waals surface area (Å²) in [5.41, 5.74) is 2.03. The maximum atomic E-state index is 11.3. The molecule has 0 radical (unpaired) electrons. The van der Waals surface area contributed by atoms with Gasteiger partial charge in [0.2, 0.25) is 0 Å². The highest BCUT2D eigenvalue weighted by atomic mass is 16.6. The molecule has 2 aliphatic rings. The van der Waals surface area contributed by atoms with Crippen molar-refractivity contribution < 1.29 is 14.3 Å². The fraction of sp³-hybridized carbons (Fsp3) is 0.412. The van der Waals surface area contributed by atoms with Gasteiger partial charge in [0, 0.05) is 23.8 Å². The summed E-state index contributed by atoms with van der Waals surface area (Å²) >= 11 is 0. The van der Waals surface area contributed by atoms with E-state index < -0.39 is 0 Å². The van der Waals surface area contributed by atoms with Gasteiger partial charge in [0.25, 0.3) is 0 Å². The van der Waals surface area contributed by atoms with E-state index in [0.717, 1.165) is 28.9 Å². The van der Waals surface area contributed by atoms with E-state index in [0.29, 0.717) is 6.54 Å². The average molecular weight is 313 g/mol. The lowest BCUT2D eigenvalue weighted by Gasteiger charge is -2.21. The van der Waals surface area contributed by atoms with Crippen LogP contribution < -0.4 is 15.0 Å². The molecule has 1 aromatic heterocycles. The van der Waals surface area contributed by atoms with Gasteiger partial charge in [-0.2, -0.15) is 0 Å². The molecule has 1 N–H and O–H groups in total. The molecule has 6 nitrogen and oxygen atoms in total. The Morgan fingerprint density at radius 2 is 2.22 bits per heavy atom. The first-order valence-corrected chi connectivity index (χ1v) is 7.87. The van der Waals surface area contributed by atoms with Gasteiger partial charge >= 0.3 is 6.09 Å². The summed E-state index contributed by atoms with van der Waals surface area (Å²) in [6.07, 6.45) is 1.55. The quantitative estimate of drug-likeness (QED) is 0.942. The molecule has 0 bridgehead atoms. The van der Waals surface area contributed by atoms with Gasteiger partial charge in [-0.25, -0.2) is 4.79 Å². The Bertz CT molecular complexity index is 746. The maximum absolute atomic E-state index is 11.3. The van der Waals surface area contributed by atoms with Crippen molar-refractivity contribution in [1.29, 1.82) is 0 Å². The highest BCUT2D eigenvalue weighted by Crippen LogP contribution is 2.32. The number of anilines is 1. The van der Waals surface area contributed by atoms with Gasteiger partial charge in [-0.3, -0.25) is 4.98 Å². The molecule has 2 aromatic rings. The largest absolute Gasteiger partial charge is 0.491 e. The lowest BCUT2D eigenvalue weighted by Crippen LogP contribution is -2.32. The Kier molecular flexibility index (Phi) is 3.25. The van der Waals surface area contributed by atoms with Crippen molar-refractivity contribution in [2.75, 3.05) is 18.0 Å². The Morgan fingerprint density at radius 3 is 3.00 bits per heavy atom. The molecule has 4 rings (SSSR count). The Labute approximate surface area is 134 Å². The predicted molar refractivity (Wildman–Crippen MR) is 86.9 cm³/mol. The Balaban J connectivity index is 1.68. The number of hydrogen-bond donors (Lipinski definition) is 1. The number of carbonyl (C=O) groups excluding carboxylic acids is 1. The summed E-state index contributed by atoms with van der Waals surface area (Å²) in [4.78, 5) is 17.9. The minimum Gasteiger partial charge on any atom is -0.491 e. The van der Waals surface area contributed by atoms with Crippen molar-refractivity contribution >= 4 is 22.7 Å². The van der Waals surface area contributed by atoms with Crippen LogP contribution in [-0.2, 0) is 4.74 Å². The molecule has 0 aliphatic carbocycles. The van der Waals surface area contributed by atoms with Crippen molar-refractivity contribution in [3.63, 3.8) is 0 Å². The van der Waals surface area contributed by atoms with Crippen LogP contribution in [0, 0.1) is 0 Å². The highest BCUT2D eigenvalue weighted by molar-refractivity contribution is 5.93. The van der Waals surface area contributed by atoms with E-state index in [1.807, 2.05) is 44.3 Å². The zero-order valence-corrected chi connectivity index (χ0v) is 13.2. The van der Waals surface area contributed by atoms with Crippen LogP contribution in [0.2, 0.25) is 0 Å². The lowest BCUT2D eigenvalue weighted by molar-refractivity contribution is 0.144. The first kappa shape index (κ1) is 14.1. The number of amides is 1. The average Bonchev–Trinajstić information content (AvgIpc) is 3.03. The van der Waals surface area contributed by atoms with Crippen LogP contribution in [-0.4, -0.2) is 42.4 Å². The van der Waals surface area contributed by atoms with Gasteiger partial charge in [0.15, 0.2) is 0 Å². The minimum atomic E-state index is -0.313. The molecule has 6 heteroatoms. The van der Waals surface area contributed by atoms with Crippen molar-refractivity contribution in [3.05, 3.63) is 30.5 Å². The fourth-order valence-corrected chi connectivity index (χ4v) is 3.28. The third kappa shape index (κ3) is 2.54. The van der Waals surface area contributed by atoms with Gasteiger partial charge in [0.05, 0.1) is 24.2 Å². The smallest absolute Gasteiger partial charge is 0.407 e. The molecule has 1 aromatic carbocycles. The summed E-state index contributed by atoms with van der Waals surface area (Å²) in [7, 11) is 0. The summed E-state index contributed by atoms with van der Waals surface area (Å²) in [6, 6.07) is 8.02. The first-order chi connectivity index (χ1) is 11.1. The van der Waals surface area contributed by atoms with Crippen LogP contribution >= 0.6 is 0 Å². The predicted octanol–water partition coefficient (Wildman–Crippen LogP) is 2.32. The SMILES string of the molecule is CC(C)Oc1ccc2nccc(N3C[C@@H]4OC(=O)N[C@@H]4C3)c2c1. The van der Waals surface area contributed by atoms with Gasteiger partial charge in [-0.05, 0) is 38.1 Å². The van der Waals surface area contributed by atoms with Gasteiger partial charge in [-0.1, -0.05) is 0 Å². The van der Waals surface area contributed by atoms with Crippen LogP contribution in [0.1, 0.15) is 13.8 Å². The van der Waals surface area contributed by atoms with Gasteiger partial charge < -0.3 is 19.7 Å². The van der Waals surface area contributed by atoms with E-state index in [1.165, 1.54) is 0 Å². The number of rotatable bonds is 3. The molecule has 0 saturated carbocycles. The minimum absolute atomic E-state index is 0.0563. The van der Waals surface area contributed by atoms with E-state index in [9.17, 15) is 4.79 Å². The maximum Gasteiger partial charge on any atom is 0.407 e. The molecule has 120 valence electrons. The number of nitrogens with zero attached hydrogens (tertiary/aromatic N) is 2.